The summed E-state index contributed by atoms with van der Waals surface area (Å²) < 4.78 is 5.03. The van der Waals surface area contributed by atoms with E-state index in [4.69, 9.17) is 4.52 Å². The van der Waals surface area contributed by atoms with Crippen molar-refractivity contribution in [2.24, 2.45) is 5.92 Å². The van der Waals surface area contributed by atoms with Gasteiger partial charge >= 0.3 is 0 Å². The molecule has 0 spiro atoms. The quantitative estimate of drug-likeness (QED) is 0.814. The molecule has 4 heteroatoms. The molecule has 1 aliphatic rings. The van der Waals surface area contributed by atoms with E-state index in [1.807, 2.05) is 13.0 Å². The molecule has 1 saturated heterocycles. The zero-order chi connectivity index (χ0) is 10.8. The van der Waals surface area contributed by atoms with Crippen LogP contribution in [0.2, 0.25) is 0 Å². The van der Waals surface area contributed by atoms with Crippen LogP contribution in [0.15, 0.2) is 10.6 Å². The normalized spacial score (nSPS) is 27.4. The highest BCUT2D eigenvalue weighted by Gasteiger charge is 2.30. The van der Waals surface area contributed by atoms with Crippen LogP contribution < -0.4 is 0 Å². The summed E-state index contributed by atoms with van der Waals surface area (Å²) in [5.74, 6) is 1.42. The number of rotatable bonds is 3. The number of aryl methyl sites for hydroxylation is 1. The Morgan fingerprint density at radius 1 is 1.67 bits per heavy atom. The highest BCUT2D eigenvalue weighted by molar-refractivity contribution is 5.04. The third-order valence-electron chi connectivity index (χ3n) is 3.23. The Labute approximate surface area is 89.9 Å². The van der Waals surface area contributed by atoms with E-state index in [1.165, 1.54) is 0 Å². The number of nitrogens with zero attached hydrogens (tertiary/aromatic N) is 2. The van der Waals surface area contributed by atoms with E-state index < -0.39 is 0 Å². The maximum atomic E-state index is 9.30. The van der Waals surface area contributed by atoms with Gasteiger partial charge in [0, 0.05) is 18.7 Å². The minimum Gasteiger partial charge on any atom is -0.395 e. The molecular formula is C11H18N2O2. The van der Waals surface area contributed by atoms with E-state index in [2.05, 4.69) is 17.0 Å². The molecule has 4 nitrogen and oxygen atoms in total. The maximum Gasteiger partial charge on any atom is 0.133 e. The number of aromatic nitrogens is 1. The molecule has 15 heavy (non-hydrogen) atoms. The molecule has 2 rings (SSSR count). The predicted octanol–water partition coefficient (Wildman–Crippen LogP) is 1.19. The fourth-order valence-corrected chi connectivity index (χ4v) is 2.28. The Hall–Kier alpha value is -0.870. The van der Waals surface area contributed by atoms with Gasteiger partial charge < -0.3 is 9.63 Å². The fraction of sp³-hybridized carbons (Fsp3) is 0.727. The van der Waals surface area contributed by atoms with Crippen molar-refractivity contribution in [1.82, 2.24) is 10.1 Å². The van der Waals surface area contributed by atoms with Crippen molar-refractivity contribution in [2.45, 2.75) is 32.9 Å². The van der Waals surface area contributed by atoms with Gasteiger partial charge in [0.2, 0.25) is 0 Å². The average molecular weight is 210 g/mol. The van der Waals surface area contributed by atoms with E-state index in [0.717, 1.165) is 31.0 Å². The summed E-state index contributed by atoms with van der Waals surface area (Å²) in [7, 11) is 0. The molecule has 2 heterocycles. The van der Waals surface area contributed by atoms with Gasteiger partial charge in [-0.05, 0) is 25.8 Å². The molecule has 1 fully saturated rings. The van der Waals surface area contributed by atoms with Crippen molar-refractivity contribution < 1.29 is 9.63 Å². The smallest absolute Gasteiger partial charge is 0.133 e. The molecular weight excluding hydrogens is 192 g/mol. The first-order valence-electron chi connectivity index (χ1n) is 5.48. The highest BCUT2D eigenvalue weighted by Crippen LogP contribution is 2.25. The Morgan fingerprint density at radius 3 is 3.07 bits per heavy atom. The van der Waals surface area contributed by atoms with Crippen LogP contribution in [-0.4, -0.2) is 34.4 Å². The summed E-state index contributed by atoms with van der Waals surface area (Å²) in [6, 6.07) is 2.24. The summed E-state index contributed by atoms with van der Waals surface area (Å²) in [6.07, 6.45) is 1.15. The van der Waals surface area contributed by atoms with Crippen LogP contribution in [0.4, 0.5) is 0 Å². The van der Waals surface area contributed by atoms with Gasteiger partial charge in [-0.25, -0.2) is 0 Å². The molecule has 0 aromatic carbocycles. The van der Waals surface area contributed by atoms with Gasteiger partial charge in [-0.1, -0.05) is 12.1 Å². The van der Waals surface area contributed by atoms with Crippen LogP contribution in [0.1, 0.15) is 24.8 Å². The van der Waals surface area contributed by atoms with Crippen LogP contribution >= 0.6 is 0 Å². The van der Waals surface area contributed by atoms with E-state index in [9.17, 15) is 5.11 Å². The number of aliphatic hydroxyl groups is 1. The van der Waals surface area contributed by atoms with Gasteiger partial charge in [0.05, 0.1) is 12.3 Å². The largest absolute Gasteiger partial charge is 0.395 e. The molecule has 2 atom stereocenters. The lowest BCUT2D eigenvalue weighted by atomic mass is 10.0. The third-order valence-corrected chi connectivity index (χ3v) is 3.23. The lowest BCUT2D eigenvalue weighted by Crippen LogP contribution is -2.34. The predicted molar refractivity (Wildman–Crippen MR) is 56.3 cm³/mol. The highest BCUT2D eigenvalue weighted by atomic mass is 16.5. The summed E-state index contributed by atoms with van der Waals surface area (Å²) in [4.78, 5) is 2.28. The van der Waals surface area contributed by atoms with Crippen LogP contribution in [-0.2, 0) is 6.54 Å². The Balaban J connectivity index is 2.00. The molecule has 0 aliphatic carbocycles. The average Bonchev–Trinajstić information content (AvgIpc) is 2.75. The second-order valence-electron chi connectivity index (χ2n) is 4.42. The third kappa shape index (κ3) is 2.21. The summed E-state index contributed by atoms with van der Waals surface area (Å²) in [5.41, 5.74) is 0.958. The van der Waals surface area contributed by atoms with Crippen molar-refractivity contribution in [3.8, 4) is 0 Å². The molecule has 1 aliphatic heterocycles. The van der Waals surface area contributed by atoms with Gasteiger partial charge in [0.15, 0.2) is 0 Å². The molecule has 2 unspecified atom stereocenters. The van der Waals surface area contributed by atoms with Crippen LogP contribution in [0.25, 0.3) is 0 Å². The molecule has 1 aromatic heterocycles. The Morgan fingerprint density at radius 2 is 2.47 bits per heavy atom. The van der Waals surface area contributed by atoms with Gasteiger partial charge in [-0.2, -0.15) is 0 Å². The number of likely N-dealkylation sites (tertiary alicyclic amines) is 1. The molecule has 0 radical (unpaired) electrons. The standard InChI is InChI=1S/C11H18N2O2/c1-8-3-4-13(11(8)7-14)6-10-5-9(2)15-12-10/h5,8,11,14H,3-4,6-7H2,1-2H3. The molecule has 0 saturated carbocycles. The first-order chi connectivity index (χ1) is 7.20. The second-order valence-corrected chi connectivity index (χ2v) is 4.42. The zero-order valence-electron chi connectivity index (χ0n) is 9.31. The van der Waals surface area contributed by atoms with E-state index >= 15 is 0 Å². The monoisotopic (exact) mass is 210 g/mol. The minimum absolute atomic E-state index is 0.234. The van der Waals surface area contributed by atoms with Gasteiger partial charge in [-0.15, -0.1) is 0 Å². The number of aliphatic hydroxyl groups excluding tert-OH is 1. The van der Waals surface area contributed by atoms with Crippen LogP contribution in [0.3, 0.4) is 0 Å². The van der Waals surface area contributed by atoms with Crippen molar-refractivity contribution in [3.63, 3.8) is 0 Å². The molecule has 1 aromatic rings. The maximum absolute atomic E-state index is 9.30. The lowest BCUT2D eigenvalue weighted by molar-refractivity contribution is 0.132. The summed E-state index contributed by atoms with van der Waals surface area (Å²) >= 11 is 0. The van der Waals surface area contributed by atoms with E-state index in [1.54, 1.807) is 0 Å². The van der Waals surface area contributed by atoms with Crippen molar-refractivity contribution >= 4 is 0 Å². The van der Waals surface area contributed by atoms with Gasteiger partial charge in [0.25, 0.3) is 0 Å². The topological polar surface area (TPSA) is 49.5 Å². The van der Waals surface area contributed by atoms with E-state index in [-0.39, 0.29) is 12.6 Å². The lowest BCUT2D eigenvalue weighted by Gasteiger charge is -2.23. The molecule has 84 valence electrons. The Bertz CT molecular complexity index is 324. The molecule has 0 amide bonds. The van der Waals surface area contributed by atoms with Crippen LogP contribution in [0.5, 0.6) is 0 Å². The first-order valence-corrected chi connectivity index (χ1v) is 5.48. The zero-order valence-corrected chi connectivity index (χ0v) is 9.31. The minimum atomic E-state index is 0.234. The summed E-state index contributed by atoms with van der Waals surface area (Å²) in [5, 5.41) is 13.3. The van der Waals surface area contributed by atoms with Crippen LogP contribution in [0, 0.1) is 12.8 Å². The van der Waals surface area contributed by atoms with Crippen molar-refractivity contribution in [3.05, 3.63) is 17.5 Å². The van der Waals surface area contributed by atoms with Gasteiger partial charge in [0.1, 0.15) is 5.76 Å². The summed E-state index contributed by atoms with van der Waals surface area (Å²) in [6.45, 7) is 6.14. The molecule has 1 N–H and O–H groups in total. The first kappa shape index (κ1) is 10.6. The van der Waals surface area contributed by atoms with Gasteiger partial charge in [-0.3, -0.25) is 4.90 Å². The number of hydrogen-bond acceptors (Lipinski definition) is 4. The van der Waals surface area contributed by atoms with Crippen molar-refractivity contribution in [1.29, 1.82) is 0 Å². The Kier molecular flexibility index (Phi) is 3.07. The van der Waals surface area contributed by atoms with Crippen molar-refractivity contribution in [2.75, 3.05) is 13.2 Å². The van der Waals surface area contributed by atoms with E-state index in [0.29, 0.717) is 5.92 Å². The fourth-order valence-electron chi connectivity index (χ4n) is 2.28. The second kappa shape index (κ2) is 4.33. The SMILES string of the molecule is Cc1cc(CN2CCC(C)C2CO)no1. The molecule has 0 bridgehead atoms. The number of hydrogen-bond donors (Lipinski definition) is 1.